The zero-order valence-electron chi connectivity index (χ0n) is 11.5. The van der Waals surface area contributed by atoms with Crippen LogP contribution in [-0.4, -0.2) is 21.3 Å². The normalized spacial score (nSPS) is 47.9. The third kappa shape index (κ3) is 1.40. The first-order valence-electron chi connectivity index (χ1n) is 6.73. The van der Waals surface area contributed by atoms with Crippen molar-refractivity contribution in [2.45, 2.75) is 56.2 Å². The molecule has 0 N–H and O–H groups in total. The predicted octanol–water partition coefficient (Wildman–Crippen LogP) is 3.64. The van der Waals surface area contributed by atoms with E-state index in [4.69, 9.17) is 23.2 Å². The molecule has 0 saturated heterocycles. The molecule has 0 aromatic rings. The Kier molecular flexibility index (Phi) is 2.48. The first-order valence-corrected chi connectivity index (χ1v) is 7.49. The maximum absolute atomic E-state index is 12.7. The maximum atomic E-state index is 12.7. The largest absolute Gasteiger partial charge is 0.295 e. The van der Waals surface area contributed by atoms with Crippen LogP contribution in [0.5, 0.6) is 0 Å². The summed E-state index contributed by atoms with van der Waals surface area (Å²) in [6.07, 6.45) is 4.12. The smallest absolute Gasteiger partial charge is 0.182 e. The van der Waals surface area contributed by atoms with E-state index in [0.29, 0.717) is 24.8 Å². The summed E-state index contributed by atoms with van der Waals surface area (Å²) in [6, 6.07) is 0. The van der Waals surface area contributed by atoms with Crippen molar-refractivity contribution in [3.05, 3.63) is 11.6 Å². The van der Waals surface area contributed by atoms with Crippen molar-refractivity contribution >= 4 is 34.8 Å². The van der Waals surface area contributed by atoms with Crippen LogP contribution in [0.15, 0.2) is 11.6 Å². The monoisotopic (exact) mass is 300 g/mol. The van der Waals surface area contributed by atoms with E-state index in [2.05, 4.69) is 13.8 Å². The second-order valence-corrected chi connectivity index (χ2v) is 8.65. The quantitative estimate of drug-likeness (QED) is 0.640. The van der Waals surface area contributed by atoms with E-state index in [1.54, 1.807) is 0 Å². The molecule has 0 aromatic carbocycles. The number of carbonyl (C=O) groups excluding carboxylic acids is 2. The molecule has 3 aliphatic carbocycles. The number of ketones is 2. The van der Waals surface area contributed by atoms with Gasteiger partial charge in [0.05, 0.1) is 4.87 Å². The van der Waals surface area contributed by atoms with E-state index in [1.807, 2.05) is 6.92 Å². The van der Waals surface area contributed by atoms with Crippen LogP contribution in [0.2, 0.25) is 0 Å². The molecule has 3 rings (SSSR count). The Hall–Kier alpha value is -0.340. The standard InChI is InChI=1S/C15H18Cl2O2/c1-12(2)7-9(18)6-10-11(19)15(17)8-14(10,12)5-4-13(15,3)16/h6H,4-5,7-8H2,1-3H3/t13-,14-,15+/m0/s1. The van der Waals surface area contributed by atoms with Crippen molar-refractivity contribution in [2.75, 3.05) is 0 Å². The third-order valence-corrected chi connectivity index (χ3v) is 7.06. The molecule has 3 aliphatic rings. The van der Waals surface area contributed by atoms with E-state index < -0.39 is 9.75 Å². The second-order valence-electron chi connectivity index (χ2n) is 7.17. The zero-order chi connectivity index (χ0) is 14.3. The van der Waals surface area contributed by atoms with Crippen LogP contribution in [0.3, 0.4) is 0 Å². The first kappa shape index (κ1) is 13.6. The van der Waals surface area contributed by atoms with Gasteiger partial charge in [-0.15, -0.1) is 23.2 Å². The molecule has 3 atom stereocenters. The van der Waals surface area contributed by atoms with Gasteiger partial charge >= 0.3 is 0 Å². The first-order chi connectivity index (χ1) is 8.56. The van der Waals surface area contributed by atoms with Gasteiger partial charge in [0, 0.05) is 17.4 Å². The molecule has 2 nitrogen and oxygen atoms in total. The van der Waals surface area contributed by atoms with Crippen molar-refractivity contribution in [1.29, 1.82) is 0 Å². The molecule has 0 aromatic heterocycles. The summed E-state index contributed by atoms with van der Waals surface area (Å²) in [5.74, 6) is -0.0895. The Balaban J connectivity index is 2.25. The fourth-order valence-electron chi connectivity index (χ4n) is 4.28. The summed E-state index contributed by atoms with van der Waals surface area (Å²) in [6.45, 7) is 5.99. The fraction of sp³-hybridized carbons (Fsp3) is 0.733. The minimum absolute atomic E-state index is 0.0306. The Bertz CT molecular complexity index is 532. The number of hydrogen-bond acceptors (Lipinski definition) is 2. The molecule has 0 amide bonds. The topological polar surface area (TPSA) is 34.1 Å². The van der Waals surface area contributed by atoms with E-state index in [0.717, 1.165) is 6.42 Å². The fourth-order valence-corrected chi connectivity index (χ4v) is 4.95. The summed E-state index contributed by atoms with van der Waals surface area (Å²) in [7, 11) is 0. The van der Waals surface area contributed by atoms with Gasteiger partial charge in [-0.05, 0) is 37.7 Å². The van der Waals surface area contributed by atoms with Gasteiger partial charge in [0.2, 0.25) is 0 Å². The Morgan fingerprint density at radius 3 is 2.37 bits per heavy atom. The summed E-state index contributed by atoms with van der Waals surface area (Å²) < 4.78 is 0. The molecule has 19 heavy (non-hydrogen) atoms. The summed E-state index contributed by atoms with van der Waals surface area (Å²) in [4.78, 5) is 22.9. The molecule has 104 valence electrons. The Morgan fingerprint density at radius 2 is 1.74 bits per heavy atom. The van der Waals surface area contributed by atoms with Gasteiger partial charge in [-0.3, -0.25) is 9.59 Å². The summed E-state index contributed by atoms with van der Waals surface area (Å²) in [5.41, 5.74) is 0.135. The molecular formula is C15H18Cl2O2. The molecule has 0 aliphatic heterocycles. The van der Waals surface area contributed by atoms with Crippen LogP contribution in [0.25, 0.3) is 0 Å². The number of rotatable bonds is 0. The number of fused-ring (bicyclic) bond motifs is 1. The van der Waals surface area contributed by atoms with E-state index in [1.165, 1.54) is 6.08 Å². The number of carbonyl (C=O) groups is 2. The highest BCUT2D eigenvalue weighted by Gasteiger charge is 2.71. The molecule has 2 fully saturated rings. The van der Waals surface area contributed by atoms with Crippen LogP contribution < -0.4 is 0 Å². The third-order valence-electron chi connectivity index (χ3n) is 5.73. The van der Waals surface area contributed by atoms with Crippen LogP contribution in [0.4, 0.5) is 0 Å². The van der Waals surface area contributed by atoms with Crippen LogP contribution in [0.1, 0.15) is 46.5 Å². The lowest BCUT2D eigenvalue weighted by atomic mass is 9.53. The van der Waals surface area contributed by atoms with Crippen LogP contribution in [-0.2, 0) is 9.59 Å². The van der Waals surface area contributed by atoms with E-state index >= 15 is 0 Å². The van der Waals surface area contributed by atoms with E-state index in [-0.39, 0.29) is 22.4 Å². The van der Waals surface area contributed by atoms with Crippen molar-refractivity contribution in [3.63, 3.8) is 0 Å². The van der Waals surface area contributed by atoms with Crippen molar-refractivity contribution in [3.8, 4) is 0 Å². The molecular weight excluding hydrogens is 283 g/mol. The average molecular weight is 301 g/mol. The molecule has 0 radical (unpaired) electrons. The minimum Gasteiger partial charge on any atom is -0.295 e. The van der Waals surface area contributed by atoms with Gasteiger partial charge in [-0.2, -0.15) is 0 Å². The van der Waals surface area contributed by atoms with Crippen molar-refractivity contribution in [2.24, 2.45) is 10.8 Å². The second kappa shape index (κ2) is 3.46. The molecule has 2 bridgehead atoms. The predicted molar refractivity (Wildman–Crippen MR) is 75.6 cm³/mol. The van der Waals surface area contributed by atoms with Crippen LogP contribution >= 0.6 is 23.2 Å². The molecule has 0 heterocycles. The van der Waals surface area contributed by atoms with Gasteiger partial charge in [0.25, 0.3) is 0 Å². The lowest BCUT2D eigenvalue weighted by Crippen LogP contribution is -2.52. The summed E-state index contributed by atoms with van der Waals surface area (Å²) >= 11 is 13.2. The number of allylic oxidation sites excluding steroid dienone is 2. The van der Waals surface area contributed by atoms with Crippen LogP contribution in [0, 0.1) is 10.8 Å². The molecule has 1 spiro atoms. The van der Waals surface area contributed by atoms with Gasteiger partial charge < -0.3 is 0 Å². The molecule has 4 heteroatoms. The van der Waals surface area contributed by atoms with E-state index in [9.17, 15) is 9.59 Å². The number of Topliss-reactive ketones (excluding diaryl/α,β-unsaturated/α-hetero) is 1. The average Bonchev–Trinajstić information content (AvgIpc) is 2.46. The number of alkyl halides is 2. The maximum Gasteiger partial charge on any atom is 0.182 e. The SMILES string of the molecule is CC1(C)CC(=O)C=C2C(=O)[C@]3(Cl)C[C@@]21CC[C@]3(C)Cl. The molecule has 2 saturated carbocycles. The lowest BCUT2D eigenvalue weighted by molar-refractivity contribution is -0.121. The Labute approximate surface area is 123 Å². The van der Waals surface area contributed by atoms with Crippen molar-refractivity contribution in [1.82, 2.24) is 0 Å². The van der Waals surface area contributed by atoms with Crippen molar-refractivity contribution < 1.29 is 9.59 Å². The highest BCUT2D eigenvalue weighted by Crippen LogP contribution is 2.70. The number of halogens is 2. The zero-order valence-corrected chi connectivity index (χ0v) is 13.0. The minimum atomic E-state index is -1.06. The van der Waals surface area contributed by atoms with Gasteiger partial charge in [-0.25, -0.2) is 0 Å². The van der Waals surface area contributed by atoms with Gasteiger partial charge in [0.1, 0.15) is 4.87 Å². The summed E-state index contributed by atoms with van der Waals surface area (Å²) in [5, 5.41) is 0. The highest BCUT2D eigenvalue weighted by molar-refractivity contribution is 6.46. The Morgan fingerprint density at radius 1 is 1.11 bits per heavy atom. The highest BCUT2D eigenvalue weighted by atomic mass is 35.5. The number of hydrogen-bond donors (Lipinski definition) is 0. The van der Waals surface area contributed by atoms with Gasteiger partial charge in [-0.1, -0.05) is 13.8 Å². The van der Waals surface area contributed by atoms with Gasteiger partial charge in [0.15, 0.2) is 11.6 Å². The lowest BCUT2D eigenvalue weighted by Gasteiger charge is -2.52. The molecule has 0 unspecified atom stereocenters.